The first-order valence-corrected chi connectivity index (χ1v) is 7.79. The molecular formula is C15H19BrN2O3. The first-order valence-electron chi connectivity index (χ1n) is 6.99. The summed E-state index contributed by atoms with van der Waals surface area (Å²) >= 11 is 3.44. The van der Waals surface area contributed by atoms with E-state index in [2.05, 4.69) is 21.2 Å². The Morgan fingerprint density at radius 1 is 1.48 bits per heavy atom. The third kappa shape index (κ3) is 2.77. The van der Waals surface area contributed by atoms with Crippen LogP contribution < -0.4 is 5.32 Å². The van der Waals surface area contributed by atoms with Crippen molar-refractivity contribution in [3.63, 3.8) is 0 Å². The van der Waals surface area contributed by atoms with Gasteiger partial charge in [-0.3, -0.25) is 0 Å². The van der Waals surface area contributed by atoms with Crippen molar-refractivity contribution in [2.45, 2.75) is 38.6 Å². The average Bonchev–Trinajstić information content (AvgIpc) is 2.89. The Morgan fingerprint density at radius 2 is 2.19 bits per heavy atom. The van der Waals surface area contributed by atoms with Gasteiger partial charge < -0.3 is 15.3 Å². The van der Waals surface area contributed by atoms with Gasteiger partial charge >= 0.3 is 12.0 Å². The Bertz CT molecular complexity index is 576. The number of rotatable bonds is 3. The molecule has 6 heteroatoms. The highest BCUT2D eigenvalue weighted by atomic mass is 79.9. The lowest BCUT2D eigenvalue weighted by atomic mass is 9.93. The van der Waals surface area contributed by atoms with Crippen LogP contribution in [0.15, 0.2) is 22.7 Å². The predicted molar refractivity (Wildman–Crippen MR) is 84.5 cm³/mol. The lowest BCUT2D eigenvalue weighted by Gasteiger charge is -2.33. The summed E-state index contributed by atoms with van der Waals surface area (Å²) in [5.41, 5.74) is 0.580. The molecule has 1 aliphatic rings. The summed E-state index contributed by atoms with van der Waals surface area (Å²) in [5, 5.41) is 12.3. The molecule has 2 amide bonds. The number of carbonyl (C=O) groups is 2. The Balaban J connectivity index is 2.24. The van der Waals surface area contributed by atoms with Gasteiger partial charge in [0.05, 0.1) is 5.69 Å². The predicted octanol–water partition coefficient (Wildman–Crippen LogP) is 3.62. The first kappa shape index (κ1) is 15.8. The number of aryl methyl sites for hydroxylation is 1. The third-order valence-electron chi connectivity index (χ3n) is 4.15. The van der Waals surface area contributed by atoms with Gasteiger partial charge in [0.2, 0.25) is 0 Å². The Labute approximate surface area is 132 Å². The fourth-order valence-corrected chi connectivity index (χ4v) is 3.21. The van der Waals surface area contributed by atoms with Crippen LogP contribution in [-0.4, -0.2) is 34.1 Å². The van der Waals surface area contributed by atoms with Gasteiger partial charge in [-0.05, 0) is 53.7 Å². The molecular weight excluding hydrogens is 336 g/mol. The molecule has 2 N–H and O–H groups in total. The van der Waals surface area contributed by atoms with Crippen LogP contribution in [0, 0.1) is 6.92 Å². The molecule has 1 aromatic rings. The fourth-order valence-electron chi connectivity index (χ4n) is 2.84. The van der Waals surface area contributed by atoms with Gasteiger partial charge in [-0.2, -0.15) is 0 Å². The number of nitrogens with zero attached hydrogens (tertiary/aromatic N) is 1. The maximum absolute atomic E-state index is 12.5. The lowest BCUT2D eigenvalue weighted by molar-refractivity contribution is -0.148. The summed E-state index contributed by atoms with van der Waals surface area (Å²) in [5.74, 6) is -0.930. The van der Waals surface area contributed by atoms with Crippen LogP contribution in [0.1, 0.15) is 31.7 Å². The van der Waals surface area contributed by atoms with E-state index < -0.39 is 11.5 Å². The third-order valence-corrected chi connectivity index (χ3v) is 5.20. The molecule has 0 bridgehead atoms. The molecule has 1 heterocycles. The van der Waals surface area contributed by atoms with Crippen LogP contribution in [0.2, 0.25) is 0 Å². The molecule has 1 aromatic carbocycles. The quantitative estimate of drug-likeness (QED) is 0.870. The number of hydrogen-bond donors (Lipinski definition) is 2. The summed E-state index contributed by atoms with van der Waals surface area (Å²) < 4.78 is 0.815. The van der Waals surface area contributed by atoms with Gasteiger partial charge in [0, 0.05) is 11.0 Å². The van der Waals surface area contributed by atoms with Gasteiger partial charge in [-0.25, -0.2) is 9.59 Å². The molecule has 114 valence electrons. The molecule has 0 saturated carbocycles. The normalized spacial score (nSPS) is 21.4. The second-order valence-electron chi connectivity index (χ2n) is 5.31. The van der Waals surface area contributed by atoms with Crippen molar-refractivity contribution in [3.05, 3.63) is 28.2 Å². The van der Waals surface area contributed by atoms with Gasteiger partial charge in [0.25, 0.3) is 0 Å². The first-order chi connectivity index (χ1) is 9.92. The van der Waals surface area contributed by atoms with Crippen molar-refractivity contribution in [2.24, 2.45) is 0 Å². The van der Waals surface area contributed by atoms with Crippen molar-refractivity contribution in [3.8, 4) is 0 Å². The zero-order valence-corrected chi connectivity index (χ0v) is 13.7. The summed E-state index contributed by atoms with van der Waals surface area (Å²) in [6, 6.07) is 5.22. The number of anilines is 1. The van der Waals surface area contributed by atoms with Crippen molar-refractivity contribution in [1.82, 2.24) is 4.90 Å². The van der Waals surface area contributed by atoms with Gasteiger partial charge in [-0.1, -0.05) is 19.1 Å². The second-order valence-corrected chi connectivity index (χ2v) is 6.11. The topological polar surface area (TPSA) is 69.6 Å². The maximum atomic E-state index is 12.5. The molecule has 0 aliphatic carbocycles. The Morgan fingerprint density at radius 3 is 2.81 bits per heavy atom. The molecule has 1 unspecified atom stereocenters. The van der Waals surface area contributed by atoms with Crippen LogP contribution in [0.4, 0.5) is 10.5 Å². The van der Waals surface area contributed by atoms with E-state index in [0.717, 1.165) is 10.0 Å². The number of likely N-dealkylation sites (tertiary alicyclic amines) is 1. The average molecular weight is 355 g/mol. The number of benzene rings is 1. The van der Waals surface area contributed by atoms with Crippen LogP contribution in [-0.2, 0) is 4.79 Å². The Kier molecular flexibility index (Phi) is 4.56. The summed E-state index contributed by atoms with van der Waals surface area (Å²) in [4.78, 5) is 25.5. The Hall–Kier alpha value is -1.56. The van der Waals surface area contributed by atoms with Gasteiger partial charge in [0.15, 0.2) is 0 Å². The largest absolute Gasteiger partial charge is 0.479 e. The standard InChI is InChI=1S/C15H19BrN2O3/c1-3-15(13(19)20)8-5-9-18(15)14(21)17-11-7-4-6-10(2)12(11)16/h4,6-7H,3,5,8-9H2,1-2H3,(H,17,21)(H,19,20). The molecule has 0 spiro atoms. The molecule has 2 rings (SSSR count). The second kappa shape index (κ2) is 6.05. The van der Waals surface area contributed by atoms with E-state index in [1.807, 2.05) is 26.0 Å². The number of hydrogen-bond acceptors (Lipinski definition) is 2. The number of carboxylic acids is 1. The van der Waals surface area contributed by atoms with Gasteiger partial charge in [0.1, 0.15) is 5.54 Å². The molecule has 1 atom stereocenters. The van der Waals surface area contributed by atoms with Gasteiger partial charge in [-0.15, -0.1) is 0 Å². The van der Waals surface area contributed by atoms with Crippen LogP contribution in [0.5, 0.6) is 0 Å². The highest BCUT2D eigenvalue weighted by Crippen LogP contribution is 2.34. The van der Waals surface area contributed by atoms with E-state index in [1.165, 1.54) is 4.90 Å². The minimum Gasteiger partial charge on any atom is -0.479 e. The van der Waals surface area contributed by atoms with Crippen LogP contribution in [0.25, 0.3) is 0 Å². The van der Waals surface area contributed by atoms with Crippen molar-refractivity contribution >= 4 is 33.6 Å². The SMILES string of the molecule is CCC1(C(=O)O)CCCN1C(=O)Nc1cccc(C)c1Br. The summed E-state index contributed by atoms with van der Waals surface area (Å²) in [7, 11) is 0. The van der Waals surface area contributed by atoms with E-state index in [4.69, 9.17) is 0 Å². The van der Waals surface area contributed by atoms with E-state index in [1.54, 1.807) is 6.07 Å². The van der Waals surface area contributed by atoms with Crippen LogP contribution >= 0.6 is 15.9 Å². The number of carboxylic acid groups (broad SMARTS) is 1. The van der Waals surface area contributed by atoms with Crippen LogP contribution in [0.3, 0.4) is 0 Å². The number of urea groups is 1. The highest BCUT2D eigenvalue weighted by Gasteiger charge is 2.48. The van der Waals surface area contributed by atoms with E-state index in [9.17, 15) is 14.7 Å². The van der Waals surface area contributed by atoms with Crippen molar-refractivity contribution in [2.75, 3.05) is 11.9 Å². The molecule has 0 radical (unpaired) electrons. The smallest absolute Gasteiger partial charge is 0.329 e. The highest BCUT2D eigenvalue weighted by molar-refractivity contribution is 9.10. The zero-order chi connectivity index (χ0) is 15.6. The fraction of sp³-hybridized carbons (Fsp3) is 0.467. The van der Waals surface area contributed by atoms with E-state index in [0.29, 0.717) is 31.5 Å². The summed E-state index contributed by atoms with van der Waals surface area (Å²) in [6.45, 7) is 4.21. The monoisotopic (exact) mass is 354 g/mol. The number of carbonyl (C=O) groups excluding carboxylic acids is 1. The maximum Gasteiger partial charge on any atom is 0.329 e. The molecule has 5 nitrogen and oxygen atoms in total. The molecule has 1 aliphatic heterocycles. The van der Waals surface area contributed by atoms with E-state index >= 15 is 0 Å². The van der Waals surface area contributed by atoms with E-state index in [-0.39, 0.29) is 6.03 Å². The number of amides is 2. The molecule has 1 fully saturated rings. The number of halogens is 1. The number of aliphatic carboxylic acids is 1. The minimum atomic E-state index is -1.08. The zero-order valence-electron chi connectivity index (χ0n) is 12.1. The van der Waals surface area contributed by atoms with Crippen molar-refractivity contribution < 1.29 is 14.7 Å². The lowest BCUT2D eigenvalue weighted by Crippen LogP contribution is -2.54. The molecule has 1 saturated heterocycles. The van der Waals surface area contributed by atoms with Crippen molar-refractivity contribution in [1.29, 1.82) is 0 Å². The number of nitrogens with one attached hydrogen (secondary N) is 1. The molecule has 21 heavy (non-hydrogen) atoms. The molecule has 0 aromatic heterocycles. The summed E-state index contributed by atoms with van der Waals surface area (Å²) in [6.07, 6.45) is 1.62. The minimum absolute atomic E-state index is 0.358.